The van der Waals surface area contributed by atoms with Crippen LogP contribution in [-0.4, -0.2) is 39.2 Å². The number of anilines is 1. The monoisotopic (exact) mass is 329 g/mol. The van der Waals surface area contributed by atoms with E-state index in [0.29, 0.717) is 0 Å². The van der Waals surface area contributed by atoms with Gasteiger partial charge in [-0.2, -0.15) is 0 Å². The number of nitrogens with zero attached hydrogens (tertiary/aromatic N) is 1. The summed E-state index contributed by atoms with van der Waals surface area (Å²) in [5.74, 6) is 0.840. The van der Waals surface area contributed by atoms with Gasteiger partial charge in [0.2, 0.25) is 0 Å². The molecule has 0 bridgehead atoms. The Morgan fingerprint density at radius 1 is 1.17 bits per heavy atom. The summed E-state index contributed by atoms with van der Waals surface area (Å²) in [6.07, 6.45) is 3.45. The Morgan fingerprint density at radius 2 is 1.91 bits per heavy atom. The van der Waals surface area contributed by atoms with Crippen LogP contribution in [0.2, 0.25) is 0 Å². The van der Waals surface area contributed by atoms with Crippen LogP contribution in [0.25, 0.3) is 6.08 Å². The van der Waals surface area contributed by atoms with Crippen molar-refractivity contribution in [1.82, 2.24) is 0 Å². The Labute approximate surface area is 140 Å². The van der Waals surface area contributed by atoms with Gasteiger partial charge < -0.3 is 14.4 Å². The molecule has 1 aliphatic rings. The first-order chi connectivity index (χ1) is 11.3. The molecule has 23 heavy (non-hydrogen) atoms. The number of morpholine rings is 1. The summed E-state index contributed by atoms with van der Waals surface area (Å²) in [4.78, 5) is 15.3. The molecule has 0 aliphatic carbocycles. The van der Waals surface area contributed by atoms with Crippen molar-refractivity contribution in [2.45, 2.75) is 0 Å². The van der Waals surface area contributed by atoms with Gasteiger partial charge in [0.25, 0.3) is 0 Å². The highest BCUT2D eigenvalue weighted by atomic mass is 32.1. The first-order valence-corrected chi connectivity index (χ1v) is 8.37. The van der Waals surface area contributed by atoms with Gasteiger partial charge in [-0.3, -0.25) is 4.79 Å². The molecule has 1 aliphatic heterocycles. The number of hydrogen-bond acceptors (Lipinski definition) is 5. The molecule has 0 spiro atoms. The van der Waals surface area contributed by atoms with Crippen molar-refractivity contribution in [3.05, 3.63) is 52.9 Å². The van der Waals surface area contributed by atoms with E-state index in [2.05, 4.69) is 4.90 Å². The molecule has 0 saturated carbocycles. The van der Waals surface area contributed by atoms with E-state index in [1.807, 2.05) is 42.5 Å². The third kappa shape index (κ3) is 4.00. The molecule has 0 atom stereocenters. The predicted octanol–water partition coefficient (Wildman–Crippen LogP) is 3.49. The second kappa shape index (κ2) is 7.44. The van der Waals surface area contributed by atoms with Crippen molar-refractivity contribution in [3.8, 4) is 5.75 Å². The molecule has 1 aromatic heterocycles. The molecule has 2 aromatic rings. The maximum absolute atomic E-state index is 12.3. The van der Waals surface area contributed by atoms with E-state index in [1.54, 1.807) is 13.2 Å². The number of ether oxygens (including phenoxy) is 2. The third-order valence-corrected chi connectivity index (χ3v) is 4.86. The molecule has 0 N–H and O–H groups in total. The molecule has 0 radical (unpaired) electrons. The molecular formula is C18H19NO3S. The summed E-state index contributed by atoms with van der Waals surface area (Å²) in [6, 6.07) is 11.5. The molecular weight excluding hydrogens is 310 g/mol. The lowest BCUT2D eigenvalue weighted by Gasteiger charge is -2.27. The summed E-state index contributed by atoms with van der Waals surface area (Å²) in [6.45, 7) is 3.27. The van der Waals surface area contributed by atoms with Crippen molar-refractivity contribution in [2.75, 3.05) is 38.3 Å². The fourth-order valence-electron chi connectivity index (χ4n) is 2.38. The molecule has 0 amide bonds. The van der Waals surface area contributed by atoms with Crippen LogP contribution >= 0.6 is 11.3 Å². The number of benzene rings is 1. The third-order valence-electron chi connectivity index (χ3n) is 3.70. The van der Waals surface area contributed by atoms with E-state index in [0.717, 1.165) is 47.5 Å². The van der Waals surface area contributed by atoms with Crippen LogP contribution in [0.1, 0.15) is 15.2 Å². The fourth-order valence-corrected chi connectivity index (χ4v) is 3.36. The molecule has 2 heterocycles. The van der Waals surface area contributed by atoms with Crippen molar-refractivity contribution < 1.29 is 14.3 Å². The van der Waals surface area contributed by atoms with Crippen molar-refractivity contribution >= 4 is 28.2 Å². The van der Waals surface area contributed by atoms with Gasteiger partial charge in [-0.15, -0.1) is 11.3 Å². The molecule has 0 unspecified atom stereocenters. The minimum absolute atomic E-state index is 0.0327. The Hall–Kier alpha value is -2.11. The maximum atomic E-state index is 12.3. The van der Waals surface area contributed by atoms with Gasteiger partial charge in [-0.05, 0) is 35.9 Å². The summed E-state index contributed by atoms with van der Waals surface area (Å²) in [7, 11) is 1.64. The second-order valence-corrected chi connectivity index (χ2v) is 6.27. The van der Waals surface area contributed by atoms with Gasteiger partial charge in [0.1, 0.15) is 5.75 Å². The minimum Gasteiger partial charge on any atom is -0.497 e. The van der Waals surface area contributed by atoms with E-state index in [1.165, 1.54) is 11.3 Å². The minimum atomic E-state index is 0.0327. The van der Waals surface area contributed by atoms with Crippen LogP contribution in [0.4, 0.5) is 5.00 Å². The topological polar surface area (TPSA) is 38.8 Å². The Kier molecular flexibility index (Phi) is 5.10. The highest BCUT2D eigenvalue weighted by molar-refractivity contribution is 7.18. The van der Waals surface area contributed by atoms with Crippen molar-refractivity contribution in [1.29, 1.82) is 0 Å². The summed E-state index contributed by atoms with van der Waals surface area (Å²) < 4.78 is 10.5. The number of carbonyl (C=O) groups is 1. The average Bonchev–Trinajstić information content (AvgIpc) is 3.11. The predicted molar refractivity (Wildman–Crippen MR) is 93.7 cm³/mol. The van der Waals surface area contributed by atoms with E-state index < -0.39 is 0 Å². The van der Waals surface area contributed by atoms with Gasteiger partial charge in [0.15, 0.2) is 5.78 Å². The molecule has 120 valence electrons. The van der Waals surface area contributed by atoms with Gasteiger partial charge in [0.05, 0.1) is 30.2 Å². The van der Waals surface area contributed by atoms with E-state index in [4.69, 9.17) is 9.47 Å². The zero-order chi connectivity index (χ0) is 16.1. The Morgan fingerprint density at radius 3 is 2.61 bits per heavy atom. The molecule has 3 rings (SSSR count). The quantitative estimate of drug-likeness (QED) is 0.622. The number of methoxy groups -OCH3 is 1. The van der Waals surface area contributed by atoms with Crippen LogP contribution in [0.15, 0.2) is 42.5 Å². The lowest BCUT2D eigenvalue weighted by atomic mass is 10.2. The molecule has 1 aromatic carbocycles. The van der Waals surface area contributed by atoms with Gasteiger partial charge in [-0.25, -0.2) is 0 Å². The first kappa shape index (κ1) is 15.8. The van der Waals surface area contributed by atoms with Crippen molar-refractivity contribution in [2.24, 2.45) is 0 Å². The number of carbonyl (C=O) groups excluding carboxylic acids is 1. The number of allylic oxidation sites excluding steroid dienone is 1. The summed E-state index contributed by atoms with van der Waals surface area (Å²) >= 11 is 1.54. The lowest BCUT2D eigenvalue weighted by molar-refractivity contribution is 0.105. The van der Waals surface area contributed by atoms with Crippen LogP contribution in [0, 0.1) is 0 Å². The highest BCUT2D eigenvalue weighted by Crippen LogP contribution is 2.27. The van der Waals surface area contributed by atoms with Crippen LogP contribution < -0.4 is 9.64 Å². The molecule has 5 heteroatoms. The smallest absolute Gasteiger partial charge is 0.195 e. The Bertz CT molecular complexity index is 685. The van der Waals surface area contributed by atoms with Gasteiger partial charge in [-0.1, -0.05) is 18.2 Å². The SMILES string of the molecule is COc1ccc(/C=C/C(=O)c2ccc(N3CCOCC3)s2)cc1. The largest absolute Gasteiger partial charge is 0.497 e. The Balaban J connectivity index is 1.65. The van der Waals surface area contributed by atoms with Crippen molar-refractivity contribution in [3.63, 3.8) is 0 Å². The zero-order valence-electron chi connectivity index (χ0n) is 13.0. The second-order valence-electron chi connectivity index (χ2n) is 5.21. The zero-order valence-corrected chi connectivity index (χ0v) is 13.8. The number of rotatable bonds is 5. The van der Waals surface area contributed by atoms with E-state index in [-0.39, 0.29) is 5.78 Å². The molecule has 4 nitrogen and oxygen atoms in total. The first-order valence-electron chi connectivity index (χ1n) is 7.55. The summed E-state index contributed by atoms with van der Waals surface area (Å²) in [5.41, 5.74) is 0.976. The van der Waals surface area contributed by atoms with Crippen LogP contribution in [-0.2, 0) is 4.74 Å². The number of thiophene rings is 1. The van der Waals surface area contributed by atoms with E-state index >= 15 is 0 Å². The molecule has 1 saturated heterocycles. The molecule has 1 fully saturated rings. The number of hydrogen-bond donors (Lipinski definition) is 0. The highest BCUT2D eigenvalue weighted by Gasteiger charge is 2.14. The number of ketones is 1. The maximum Gasteiger partial charge on any atom is 0.195 e. The van der Waals surface area contributed by atoms with Crippen LogP contribution in [0.5, 0.6) is 5.75 Å². The van der Waals surface area contributed by atoms with E-state index in [9.17, 15) is 4.79 Å². The average molecular weight is 329 g/mol. The normalized spacial score (nSPS) is 15.1. The van der Waals surface area contributed by atoms with Gasteiger partial charge >= 0.3 is 0 Å². The summed E-state index contributed by atoms with van der Waals surface area (Å²) in [5, 5.41) is 1.13. The van der Waals surface area contributed by atoms with Crippen LogP contribution in [0.3, 0.4) is 0 Å². The standard InChI is InChI=1S/C18H19NO3S/c1-21-15-5-2-14(3-6-15)4-7-16(20)17-8-9-18(23-17)19-10-12-22-13-11-19/h2-9H,10-13H2,1H3/b7-4+. The van der Waals surface area contributed by atoms with Gasteiger partial charge in [0, 0.05) is 13.1 Å². The lowest BCUT2D eigenvalue weighted by Crippen LogP contribution is -2.35. The fraction of sp³-hybridized carbons (Fsp3) is 0.278.